The molecule has 0 spiro atoms. The van der Waals surface area contributed by atoms with Crippen molar-refractivity contribution >= 4 is 17.0 Å². The van der Waals surface area contributed by atoms with Crippen LogP contribution >= 0.6 is 11.3 Å². The van der Waals surface area contributed by atoms with Gasteiger partial charge in [-0.15, -0.1) is 21.5 Å². The molecule has 1 unspecified atom stereocenters. The lowest BCUT2D eigenvalue weighted by Crippen LogP contribution is -2.18. The van der Waals surface area contributed by atoms with Crippen LogP contribution in [0.25, 0.3) is 11.5 Å². The summed E-state index contributed by atoms with van der Waals surface area (Å²) >= 11 is 1.83. The van der Waals surface area contributed by atoms with E-state index in [1.807, 2.05) is 11.3 Å². The molecule has 1 aromatic carbocycles. The lowest BCUT2D eigenvalue weighted by atomic mass is 10.1. The number of unbranched alkanes of at least 4 members (excludes halogenated alkanes) is 1. The number of thiophene rings is 1. The van der Waals surface area contributed by atoms with Gasteiger partial charge >= 0.3 is 0 Å². The summed E-state index contributed by atoms with van der Waals surface area (Å²) in [5.41, 5.74) is 2.28. The van der Waals surface area contributed by atoms with Crippen LogP contribution in [0.1, 0.15) is 37.0 Å². The fraction of sp³-hybridized carbons (Fsp3) is 0.429. The van der Waals surface area contributed by atoms with Crippen LogP contribution < -0.4 is 4.90 Å². The Balaban J connectivity index is 1.31. The first-order chi connectivity index (χ1) is 12.8. The number of aryl methyl sites for hydroxylation is 2. The molecule has 4 nitrogen and oxygen atoms in total. The highest BCUT2D eigenvalue weighted by molar-refractivity contribution is 7.09. The standard InChI is InChI=1S/C21H25N3OS/c1-16-12-13-24(15-16)18-10-8-17(9-11-18)21-23-22-20(25-21)7-3-2-5-19-6-4-14-26-19/h4,6,8-11,14,16H,2-3,5,7,12-13,15H2,1H3. The summed E-state index contributed by atoms with van der Waals surface area (Å²) in [7, 11) is 0. The van der Waals surface area contributed by atoms with Gasteiger partial charge in [0.1, 0.15) is 0 Å². The zero-order valence-electron chi connectivity index (χ0n) is 15.2. The molecule has 1 aliphatic rings. The normalized spacial score (nSPS) is 17.1. The minimum Gasteiger partial charge on any atom is -0.421 e. The Bertz CT molecular complexity index is 810. The topological polar surface area (TPSA) is 42.2 Å². The van der Waals surface area contributed by atoms with Crippen molar-refractivity contribution in [1.82, 2.24) is 10.2 Å². The predicted octanol–water partition coefficient (Wildman–Crippen LogP) is 5.21. The number of nitrogens with zero attached hydrogens (tertiary/aromatic N) is 3. The molecule has 26 heavy (non-hydrogen) atoms. The molecule has 3 aromatic rings. The maximum absolute atomic E-state index is 5.86. The van der Waals surface area contributed by atoms with Crippen LogP contribution in [-0.2, 0) is 12.8 Å². The van der Waals surface area contributed by atoms with Gasteiger partial charge in [0.25, 0.3) is 0 Å². The molecule has 0 saturated carbocycles. The van der Waals surface area contributed by atoms with Crippen molar-refractivity contribution in [2.24, 2.45) is 5.92 Å². The average Bonchev–Trinajstić information content (AvgIpc) is 3.41. The molecular weight excluding hydrogens is 342 g/mol. The van der Waals surface area contributed by atoms with E-state index in [2.05, 4.69) is 63.8 Å². The van der Waals surface area contributed by atoms with E-state index in [0.717, 1.165) is 56.1 Å². The van der Waals surface area contributed by atoms with E-state index >= 15 is 0 Å². The summed E-state index contributed by atoms with van der Waals surface area (Å²) in [6.07, 6.45) is 5.49. The van der Waals surface area contributed by atoms with Crippen molar-refractivity contribution in [1.29, 1.82) is 0 Å². The third-order valence-corrected chi connectivity index (χ3v) is 5.95. The summed E-state index contributed by atoms with van der Waals surface area (Å²) < 4.78 is 5.86. The number of rotatable bonds is 7. The Morgan fingerprint density at radius 3 is 2.69 bits per heavy atom. The Morgan fingerprint density at radius 2 is 1.96 bits per heavy atom. The van der Waals surface area contributed by atoms with Crippen LogP contribution in [0.2, 0.25) is 0 Å². The fourth-order valence-electron chi connectivity index (χ4n) is 3.49. The van der Waals surface area contributed by atoms with Gasteiger partial charge in [0.05, 0.1) is 0 Å². The van der Waals surface area contributed by atoms with E-state index in [9.17, 15) is 0 Å². The van der Waals surface area contributed by atoms with Crippen molar-refractivity contribution in [2.75, 3.05) is 18.0 Å². The van der Waals surface area contributed by atoms with Gasteiger partial charge in [-0.3, -0.25) is 0 Å². The summed E-state index contributed by atoms with van der Waals surface area (Å²) in [5.74, 6) is 2.15. The van der Waals surface area contributed by atoms with Gasteiger partial charge in [0.15, 0.2) is 0 Å². The van der Waals surface area contributed by atoms with E-state index in [4.69, 9.17) is 4.42 Å². The first-order valence-electron chi connectivity index (χ1n) is 9.48. The molecule has 0 bridgehead atoms. The second kappa shape index (κ2) is 8.04. The molecule has 3 heterocycles. The number of aromatic nitrogens is 2. The lowest BCUT2D eigenvalue weighted by molar-refractivity contribution is 0.493. The Labute approximate surface area is 158 Å². The number of hydrogen-bond donors (Lipinski definition) is 0. The third-order valence-electron chi connectivity index (χ3n) is 5.01. The van der Waals surface area contributed by atoms with Crippen LogP contribution in [0.15, 0.2) is 46.2 Å². The number of anilines is 1. The molecule has 1 saturated heterocycles. The summed E-state index contributed by atoms with van der Waals surface area (Å²) in [6, 6.07) is 12.8. The molecule has 1 atom stereocenters. The van der Waals surface area contributed by atoms with Crippen molar-refractivity contribution in [2.45, 2.75) is 39.0 Å². The van der Waals surface area contributed by atoms with E-state index in [0.29, 0.717) is 5.89 Å². The zero-order chi connectivity index (χ0) is 17.8. The monoisotopic (exact) mass is 367 g/mol. The highest BCUT2D eigenvalue weighted by Gasteiger charge is 2.19. The Hall–Kier alpha value is -2.14. The summed E-state index contributed by atoms with van der Waals surface area (Å²) in [6.45, 7) is 4.61. The van der Waals surface area contributed by atoms with E-state index < -0.39 is 0 Å². The van der Waals surface area contributed by atoms with Gasteiger partial charge < -0.3 is 9.32 Å². The van der Waals surface area contributed by atoms with Crippen LogP contribution in [0.5, 0.6) is 0 Å². The molecule has 0 radical (unpaired) electrons. The Kier molecular flexibility index (Phi) is 5.34. The molecule has 2 aromatic heterocycles. The van der Waals surface area contributed by atoms with Crippen LogP contribution in [-0.4, -0.2) is 23.3 Å². The van der Waals surface area contributed by atoms with Crippen molar-refractivity contribution in [3.8, 4) is 11.5 Å². The predicted molar refractivity (Wildman–Crippen MR) is 107 cm³/mol. The van der Waals surface area contributed by atoms with Crippen LogP contribution in [0, 0.1) is 5.92 Å². The molecular formula is C21H25N3OS. The van der Waals surface area contributed by atoms with Crippen molar-refractivity contribution in [3.05, 3.63) is 52.5 Å². The second-order valence-electron chi connectivity index (χ2n) is 7.17. The van der Waals surface area contributed by atoms with Gasteiger partial charge in [-0.1, -0.05) is 13.0 Å². The first kappa shape index (κ1) is 17.3. The maximum Gasteiger partial charge on any atom is 0.247 e. The third kappa shape index (κ3) is 4.15. The molecule has 1 fully saturated rings. The highest BCUT2D eigenvalue weighted by Crippen LogP contribution is 2.26. The summed E-state index contributed by atoms with van der Waals surface area (Å²) in [4.78, 5) is 3.89. The Morgan fingerprint density at radius 1 is 1.12 bits per heavy atom. The summed E-state index contributed by atoms with van der Waals surface area (Å²) in [5, 5.41) is 10.6. The van der Waals surface area contributed by atoms with Gasteiger partial charge in [-0.25, -0.2) is 0 Å². The van der Waals surface area contributed by atoms with E-state index in [1.165, 1.54) is 17.0 Å². The second-order valence-corrected chi connectivity index (χ2v) is 8.21. The minimum atomic E-state index is 0.625. The van der Waals surface area contributed by atoms with Crippen LogP contribution in [0.4, 0.5) is 5.69 Å². The average molecular weight is 368 g/mol. The van der Waals surface area contributed by atoms with E-state index in [-0.39, 0.29) is 0 Å². The van der Waals surface area contributed by atoms with Gasteiger partial charge in [-0.05, 0) is 67.3 Å². The van der Waals surface area contributed by atoms with Gasteiger partial charge in [0.2, 0.25) is 11.8 Å². The molecule has 0 N–H and O–H groups in total. The van der Waals surface area contributed by atoms with Gasteiger partial charge in [-0.2, -0.15) is 0 Å². The fourth-order valence-corrected chi connectivity index (χ4v) is 4.24. The largest absolute Gasteiger partial charge is 0.421 e. The maximum atomic E-state index is 5.86. The lowest BCUT2D eigenvalue weighted by Gasteiger charge is -2.18. The molecule has 1 aliphatic heterocycles. The molecule has 0 amide bonds. The van der Waals surface area contributed by atoms with Crippen molar-refractivity contribution < 1.29 is 4.42 Å². The molecule has 4 rings (SSSR count). The SMILES string of the molecule is CC1CCN(c2ccc(-c3nnc(CCCCc4cccs4)o3)cc2)C1. The highest BCUT2D eigenvalue weighted by atomic mass is 32.1. The smallest absolute Gasteiger partial charge is 0.247 e. The number of hydrogen-bond acceptors (Lipinski definition) is 5. The van der Waals surface area contributed by atoms with Crippen molar-refractivity contribution in [3.63, 3.8) is 0 Å². The molecule has 5 heteroatoms. The number of benzene rings is 1. The first-order valence-corrected chi connectivity index (χ1v) is 10.4. The van der Waals surface area contributed by atoms with Crippen LogP contribution in [0.3, 0.4) is 0 Å². The molecule has 136 valence electrons. The zero-order valence-corrected chi connectivity index (χ0v) is 16.0. The minimum absolute atomic E-state index is 0.625. The quantitative estimate of drug-likeness (QED) is 0.538. The molecule has 0 aliphatic carbocycles. The van der Waals surface area contributed by atoms with E-state index in [1.54, 1.807) is 0 Å². The van der Waals surface area contributed by atoms with Gasteiger partial charge in [0, 0.05) is 35.6 Å².